The summed E-state index contributed by atoms with van der Waals surface area (Å²) in [6.07, 6.45) is -16.3. The van der Waals surface area contributed by atoms with E-state index in [4.69, 9.17) is 23.4 Å². The van der Waals surface area contributed by atoms with Gasteiger partial charge in [0.2, 0.25) is 24.0 Å². The fourth-order valence-corrected chi connectivity index (χ4v) is 7.36. The lowest BCUT2D eigenvalue weighted by molar-refractivity contribution is -0.393. The van der Waals surface area contributed by atoms with Crippen molar-refractivity contribution in [2.45, 2.75) is 92.7 Å². The van der Waals surface area contributed by atoms with Crippen molar-refractivity contribution in [3.8, 4) is 46.2 Å². The number of aryl methyl sites for hydroxylation is 1. The minimum atomic E-state index is -3.82. The highest BCUT2D eigenvalue weighted by molar-refractivity contribution is 5.89. The summed E-state index contributed by atoms with van der Waals surface area (Å²) in [7, 11) is 0. The number of aromatic hydroxyl groups is 3. The van der Waals surface area contributed by atoms with Gasteiger partial charge in [-0.25, -0.2) is 9.59 Å². The van der Waals surface area contributed by atoms with E-state index in [-0.39, 0.29) is 46.3 Å². The third-order valence-electron chi connectivity index (χ3n) is 10.8. The number of carboxylic acids is 1. The van der Waals surface area contributed by atoms with Crippen molar-refractivity contribution in [2.75, 3.05) is 6.61 Å². The summed E-state index contributed by atoms with van der Waals surface area (Å²) in [5.74, 6) is -6.11. The Bertz CT molecular complexity index is 2480. The summed E-state index contributed by atoms with van der Waals surface area (Å²) in [4.78, 5) is 43.0. The van der Waals surface area contributed by atoms with E-state index in [2.05, 4.69) is 10.9 Å². The van der Waals surface area contributed by atoms with Crippen LogP contribution in [0, 0.1) is 11.8 Å². The molecule has 320 valence electrons. The Balaban J connectivity index is 1.35. The quantitative estimate of drug-likeness (QED) is 0.0364. The van der Waals surface area contributed by atoms with E-state index in [0.717, 1.165) is 23.9 Å². The van der Waals surface area contributed by atoms with Gasteiger partial charge in [0.05, 0.1) is 6.42 Å². The molecule has 2 aromatic carbocycles. The molecule has 21 heteroatoms. The van der Waals surface area contributed by atoms with Crippen molar-refractivity contribution < 1.29 is 94.2 Å². The Labute approximate surface area is 336 Å². The van der Waals surface area contributed by atoms with Crippen molar-refractivity contribution in [1.29, 1.82) is 0 Å². The third-order valence-corrected chi connectivity index (χ3v) is 10.8. The molecule has 2 saturated heterocycles. The van der Waals surface area contributed by atoms with Crippen molar-refractivity contribution in [2.24, 2.45) is 0 Å². The summed E-state index contributed by atoms with van der Waals surface area (Å²) < 4.78 is 28.1. The monoisotopic (exact) mass is 841 g/mol. The number of benzene rings is 2. The van der Waals surface area contributed by atoms with Gasteiger partial charge in [0, 0.05) is 53.7 Å². The molecule has 60 heavy (non-hydrogen) atoms. The smallest absolute Gasteiger partial charge is 0.354 e. The SMILES string of the molecule is CCc1cc(Cc2c(OC3OC4(CC#CC5(C(=O)O)OC(OC4=O)C(O)C(O)C5(O)O)C(O)C(O)C3O)cc3oc(-c4cc(O)c(O)c(CCO)c4)cc(=O)c3c2O)c[nH]1. The first-order valence-electron chi connectivity index (χ1n) is 18.3. The number of aliphatic hydroxyl groups is 8. The van der Waals surface area contributed by atoms with E-state index in [1.165, 1.54) is 6.07 Å². The lowest BCUT2D eigenvalue weighted by Gasteiger charge is -2.48. The number of aliphatic carboxylic acids is 1. The molecule has 0 saturated carbocycles. The van der Waals surface area contributed by atoms with E-state index in [0.29, 0.717) is 12.0 Å². The number of carbonyl (C=O) groups is 2. The molecule has 4 aromatic rings. The third kappa shape index (κ3) is 6.68. The van der Waals surface area contributed by atoms with Gasteiger partial charge in [0.25, 0.3) is 5.60 Å². The summed E-state index contributed by atoms with van der Waals surface area (Å²) in [5, 5.41) is 127. The maximum Gasteiger partial charge on any atom is 0.354 e. The first kappa shape index (κ1) is 42.4. The number of hydrogen-bond donors (Lipinski definition) is 13. The number of H-pyrrole nitrogens is 1. The molecule has 1 spiro atoms. The lowest BCUT2D eigenvalue weighted by atomic mass is 9.82. The normalized spacial score (nSPS) is 29.8. The molecule has 9 atom stereocenters. The minimum Gasteiger partial charge on any atom is -0.507 e. The summed E-state index contributed by atoms with van der Waals surface area (Å²) in [6, 6.07) is 6.28. The van der Waals surface area contributed by atoms with Crippen molar-refractivity contribution >= 4 is 22.9 Å². The predicted octanol–water partition coefficient (Wildman–Crippen LogP) is -2.32. The first-order valence-corrected chi connectivity index (χ1v) is 18.3. The van der Waals surface area contributed by atoms with E-state index < -0.39 is 113 Å². The molecule has 2 bridgehead atoms. The van der Waals surface area contributed by atoms with Gasteiger partial charge < -0.3 is 89.6 Å². The molecular formula is C39H39NO20. The number of ether oxygens (including phenoxy) is 4. The number of aromatic nitrogens is 1. The van der Waals surface area contributed by atoms with E-state index >= 15 is 0 Å². The molecule has 0 amide bonds. The number of rotatable bonds is 9. The number of esters is 1. The number of carboxylic acid groups (broad SMARTS) is 1. The Hall–Kier alpha value is -5.77. The Morgan fingerprint density at radius 3 is 2.35 bits per heavy atom. The maximum atomic E-state index is 13.9. The van der Waals surface area contributed by atoms with Crippen LogP contribution in [0.3, 0.4) is 0 Å². The summed E-state index contributed by atoms with van der Waals surface area (Å²) in [5.41, 5.74) is -6.16. The van der Waals surface area contributed by atoms with Crippen LogP contribution in [0.25, 0.3) is 22.3 Å². The van der Waals surface area contributed by atoms with Crippen molar-refractivity contribution in [1.82, 2.24) is 4.98 Å². The molecule has 3 aliphatic heterocycles. The average molecular weight is 842 g/mol. The van der Waals surface area contributed by atoms with Crippen LogP contribution in [-0.4, -0.2) is 145 Å². The van der Waals surface area contributed by atoms with Crippen molar-refractivity contribution in [3.63, 3.8) is 0 Å². The highest BCUT2D eigenvalue weighted by Gasteiger charge is 2.70. The molecule has 2 fully saturated rings. The van der Waals surface area contributed by atoms with Crippen LogP contribution in [0.15, 0.2) is 45.7 Å². The number of hydrogen-bond acceptors (Lipinski definition) is 19. The van der Waals surface area contributed by atoms with Crippen LogP contribution >= 0.6 is 0 Å². The molecular weight excluding hydrogens is 802 g/mol. The van der Waals surface area contributed by atoms with E-state index in [9.17, 15) is 75.7 Å². The number of phenolic OH excluding ortho intramolecular Hbond substituents is 3. The standard InChI is InChI=1S/C39H39NO20/c1-2-18-8-15(14-40-18)9-19-23(13-24-25(27(19)45)20(42)12-22(56-24)17-10-16(4-7-41)26(44)21(43)11-17)57-33-29(47)28(46)31(49)37(59-33)5-3-6-38(35(51)52)39(54,55)32(50)30(48)34(60-38)58-36(37)53/h8,10-14,28-34,40-41,43-50,54-55H,2,4-5,7,9H2,1H3,(H,51,52). The number of carbonyl (C=O) groups excluding carboxylic acids is 1. The van der Waals surface area contributed by atoms with Gasteiger partial charge in [-0.2, -0.15) is 0 Å². The molecule has 5 heterocycles. The fraction of sp³-hybridized carbons (Fsp3) is 0.410. The summed E-state index contributed by atoms with van der Waals surface area (Å²) >= 11 is 0. The maximum absolute atomic E-state index is 13.9. The second-order valence-corrected chi connectivity index (χ2v) is 14.5. The van der Waals surface area contributed by atoms with Crippen LogP contribution in [0.2, 0.25) is 0 Å². The van der Waals surface area contributed by atoms with Crippen LogP contribution in [-0.2, 0) is 43.1 Å². The van der Waals surface area contributed by atoms with Gasteiger partial charge in [-0.05, 0) is 42.5 Å². The van der Waals surface area contributed by atoms with Crippen LogP contribution in [0.4, 0.5) is 0 Å². The number of aliphatic hydroxyl groups excluding tert-OH is 6. The van der Waals surface area contributed by atoms with Gasteiger partial charge >= 0.3 is 11.9 Å². The van der Waals surface area contributed by atoms with Gasteiger partial charge in [0.1, 0.15) is 58.7 Å². The van der Waals surface area contributed by atoms with E-state index in [1.807, 2.05) is 12.8 Å². The number of nitrogens with one attached hydrogen (secondary N) is 1. The fourth-order valence-electron chi connectivity index (χ4n) is 7.36. The zero-order valence-corrected chi connectivity index (χ0v) is 31.2. The van der Waals surface area contributed by atoms with Crippen LogP contribution < -0.4 is 10.2 Å². The van der Waals surface area contributed by atoms with Crippen molar-refractivity contribution in [3.05, 3.63) is 69.1 Å². The number of phenols is 3. The van der Waals surface area contributed by atoms with E-state index in [1.54, 1.807) is 12.3 Å². The van der Waals surface area contributed by atoms with Gasteiger partial charge in [0.15, 0.2) is 16.9 Å². The molecule has 13 N–H and O–H groups in total. The molecule has 0 aliphatic carbocycles. The Morgan fingerprint density at radius 1 is 0.950 bits per heavy atom. The second-order valence-electron chi connectivity index (χ2n) is 14.5. The second kappa shape index (κ2) is 15.4. The van der Waals surface area contributed by atoms with Crippen LogP contribution in [0.1, 0.15) is 35.7 Å². The Kier molecular flexibility index (Phi) is 10.8. The highest BCUT2D eigenvalue weighted by Crippen LogP contribution is 2.44. The molecule has 7 rings (SSSR count). The van der Waals surface area contributed by atoms with Gasteiger partial charge in [-0.1, -0.05) is 12.8 Å². The molecule has 0 radical (unpaired) electrons. The number of aromatic amines is 1. The molecule has 2 aromatic heterocycles. The molecule has 9 unspecified atom stereocenters. The van der Waals surface area contributed by atoms with Gasteiger partial charge in [-0.15, -0.1) is 0 Å². The topological polar surface area (TPSA) is 360 Å². The minimum absolute atomic E-state index is 0.0681. The first-order chi connectivity index (χ1) is 28.3. The lowest BCUT2D eigenvalue weighted by Crippen LogP contribution is -2.75. The average Bonchev–Trinajstić information content (AvgIpc) is 3.68. The number of fused-ring (bicyclic) bond motifs is 3. The highest BCUT2D eigenvalue weighted by atomic mass is 16.8. The zero-order chi connectivity index (χ0) is 43.6. The summed E-state index contributed by atoms with van der Waals surface area (Å²) in [6.45, 7) is 1.47. The Morgan fingerprint density at radius 2 is 1.68 bits per heavy atom. The molecule has 3 aliphatic rings. The molecule has 21 nitrogen and oxygen atoms in total. The van der Waals surface area contributed by atoms with Crippen LogP contribution in [0.5, 0.6) is 23.0 Å². The zero-order valence-electron chi connectivity index (χ0n) is 31.2. The largest absolute Gasteiger partial charge is 0.507 e. The van der Waals surface area contributed by atoms with Gasteiger partial charge in [-0.3, -0.25) is 4.79 Å². The predicted molar refractivity (Wildman–Crippen MR) is 196 cm³/mol.